The molecule has 0 bridgehead atoms. The van der Waals surface area contributed by atoms with Gasteiger partial charge >= 0.3 is 0 Å². The van der Waals surface area contributed by atoms with Crippen molar-refractivity contribution in [2.45, 2.75) is 37.1 Å². The maximum atomic E-state index is 12.3. The summed E-state index contributed by atoms with van der Waals surface area (Å²) in [7, 11) is -0.184. The molecule has 3 rings (SSSR count). The second-order valence-electron chi connectivity index (χ2n) is 7.42. The molecule has 0 aromatic heterocycles. The van der Waals surface area contributed by atoms with Crippen LogP contribution in [0.1, 0.15) is 30.4 Å². The number of hydrogen-bond donors (Lipinski definition) is 1. The third-order valence-electron chi connectivity index (χ3n) is 5.35. The largest absolute Gasteiger partial charge is 0.493 e. The van der Waals surface area contributed by atoms with E-state index in [0.29, 0.717) is 11.6 Å². The summed E-state index contributed by atoms with van der Waals surface area (Å²) in [4.78, 5) is 2.64. The molecule has 172 valence electrons. The van der Waals surface area contributed by atoms with Gasteiger partial charge in [-0.15, -0.1) is 12.4 Å². The standard InChI is InChI=1S/C22H29ClN2O4S.ClH/c1-28-21-13-17-9-12-25(16-18(17)14-22(21)29-2)11-5-3-4-10-24-30(26,27)20-8-6-7-19(23)15-20;/h6-8,13-15,24H,3-5,9-12,16H2,1-2H3;1H. The highest BCUT2D eigenvalue weighted by atomic mass is 35.5. The molecule has 0 aliphatic carbocycles. The summed E-state index contributed by atoms with van der Waals surface area (Å²) < 4.78 is 38.0. The zero-order valence-electron chi connectivity index (χ0n) is 17.9. The van der Waals surface area contributed by atoms with Crippen LogP contribution in [0.4, 0.5) is 0 Å². The number of fused-ring (bicyclic) bond motifs is 1. The average molecular weight is 489 g/mol. The Balaban J connectivity index is 0.00000341. The van der Waals surface area contributed by atoms with Gasteiger partial charge in [0, 0.05) is 24.7 Å². The Morgan fingerprint density at radius 3 is 2.42 bits per heavy atom. The molecular weight excluding hydrogens is 459 g/mol. The van der Waals surface area contributed by atoms with Crippen molar-refractivity contribution in [2.75, 3.05) is 33.9 Å². The summed E-state index contributed by atoms with van der Waals surface area (Å²) in [6.45, 7) is 3.34. The second-order valence-corrected chi connectivity index (χ2v) is 9.62. The van der Waals surface area contributed by atoms with E-state index in [1.165, 1.54) is 17.2 Å². The molecule has 6 nitrogen and oxygen atoms in total. The number of nitrogens with one attached hydrogen (secondary N) is 1. The Morgan fingerprint density at radius 2 is 1.74 bits per heavy atom. The molecule has 0 fully saturated rings. The molecule has 0 spiro atoms. The third-order valence-corrected chi connectivity index (χ3v) is 7.04. The Labute approximate surface area is 196 Å². The van der Waals surface area contributed by atoms with Crippen LogP contribution < -0.4 is 14.2 Å². The lowest BCUT2D eigenvalue weighted by Gasteiger charge is -2.29. The SMILES string of the molecule is COc1cc2c(cc1OC)CN(CCCCCNS(=O)(=O)c1cccc(Cl)c1)CC2.Cl. The van der Waals surface area contributed by atoms with E-state index in [1.807, 2.05) is 0 Å². The Kier molecular flexibility index (Phi) is 9.90. The Morgan fingerprint density at radius 1 is 1.03 bits per heavy atom. The number of nitrogens with zero attached hydrogens (tertiary/aromatic N) is 1. The summed E-state index contributed by atoms with van der Waals surface area (Å²) in [5, 5.41) is 0.414. The normalized spacial score (nSPS) is 13.9. The minimum atomic E-state index is -3.50. The number of rotatable bonds is 10. The van der Waals surface area contributed by atoms with Crippen LogP contribution in [0, 0.1) is 0 Å². The summed E-state index contributed by atoms with van der Waals surface area (Å²) in [5.41, 5.74) is 2.60. The summed E-state index contributed by atoms with van der Waals surface area (Å²) in [6, 6.07) is 10.5. The predicted octanol–water partition coefficient (Wildman–Crippen LogP) is 4.29. The number of methoxy groups -OCH3 is 2. The molecule has 1 aliphatic rings. The van der Waals surface area contributed by atoms with Gasteiger partial charge in [-0.3, -0.25) is 4.90 Å². The molecule has 1 N–H and O–H groups in total. The molecule has 0 amide bonds. The number of halogens is 2. The maximum absolute atomic E-state index is 12.3. The van der Waals surface area contributed by atoms with Crippen LogP contribution >= 0.6 is 24.0 Å². The minimum Gasteiger partial charge on any atom is -0.493 e. The van der Waals surface area contributed by atoms with Crippen LogP contribution in [0.5, 0.6) is 11.5 Å². The predicted molar refractivity (Wildman–Crippen MR) is 126 cm³/mol. The van der Waals surface area contributed by atoms with Crippen molar-refractivity contribution in [2.24, 2.45) is 0 Å². The van der Waals surface area contributed by atoms with Crippen molar-refractivity contribution < 1.29 is 17.9 Å². The lowest BCUT2D eigenvalue weighted by molar-refractivity contribution is 0.247. The lowest BCUT2D eigenvalue weighted by atomic mass is 9.98. The second kappa shape index (κ2) is 11.9. The van der Waals surface area contributed by atoms with Crippen molar-refractivity contribution >= 4 is 34.0 Å². The number of unbranched alkanes of at least 4 members (excludes halogenated alkanes) is 2. The molecule has 1 aliphatic heterocycles. The molecule has 0 atom stereocenters. The fraction of sp³-hybridized carbons (Fsp3) is 0.455. The highest BCUT2D eigenvalue weighted by Gasteiger charge is 2.19. The molecule has 0 saturated heterocycles. The van der Waals surface area contributed by atoms with Crippen LogP contribution in [-0.2, 0) is 23.0 Å². The number of benzene rings is 2. The van der Waals surface area contributed by atoms with Gasteiger partial charge in [0.1, 0.15) is 0 Å². The quantitative estimate of drug-likeness (QED) is 0.505. The van der Waals surface area contributed by atoms with Crippen LogP contribution in [0.3, 0.4) is 0 Å². The summed E-state index contributed by atoms with van der Waals surface area (Å²) in [5.74, 6) is 1.55. The van der Waals surface area contributed by atoms with Gasteiger partial charge in [0.2, 0.25) is 10.0 Å². The van der Waals surface area contributed by atoms with Crippen molar-refractivity contribution in [1.82, 2.24) is 9.62 Å². The number of ether oxygens (including phenoxy) is 2. The van der Waals surface area contributed by atoms with E-state index in [-0.39, 0.29) is 17.3 Å². The average Bonchev–Trinajstić information content (AvgIpc) is 2.75. The molecule has 2 aromatic rings. The van der Waals surface area contributed by atoms with E-state index in [1.54, 1.807) is 32.4 Å². The first-order chi connectivity index (χ1) is 14.4. The minimum absolute atomic E-state index is 0. The van der Waals surface area contributed by atoms with Crippen LogP contribution in [0.25, 0.3) is 0 Å². The molecule has 0 unspecified atom stereocenters. The van der Waals surface area contributed by atoms with Gasteiger partial charge in [0.05, 0.1) is 19.1 Å². The van der Waals surface area contributed by atoms with Gasteiger partial charge in [0.25, 0.3) is 0 Å². The molecule has 1 heterocycles. The van der Waals surface area contributed by atoms with Crippen LogP contribution in [0.15, 0.2) is 41.3 Å². The van der Waals surface area contributed by atoms with Crippen molar-refractivity contribution in [1.29, 1.82) is 0 Å². The van der Waals surface area contributed by atoms with Crippen molar-refractivity contribution in [3.63, 3.8) is 0 Å². The van der Waals surface area contributed by atoms with Gasteiger partial charge in [0.15, 0.2) is 11.5 Å². The van der Waals surface area contributed by atoms with Crippen molar-refractivity contribution in [3.8, 4) is 11.5 Å². The first-order valence-electron chi connectivity index (χ1n) is 10.1. The molecular formula is C22H30Cl2N2O4S. The topological polar surface area (TPSA) is 67.9 Å². The van der Waals surface area contributed by atoms with Gasteiger partial charge in [-0.25, -0.2) is 13.1 Å². The molecule has 2 aromatic carbocycles. The van der Waals surface area contributed by atoms with Crippen molar-refractivity contribution in [3.05, 3.63) is 52.5 Å². The Hall–Kier alpha value is -1.51. The third kappa shape index (κ3) is 6.99. The van der Waals surface area contributed by atoms with Gasteiger partial charge < -0.3 is 9.47 Å². The smallest absolute Gasteiger partial charge is 0.240 e. The Bertz CT molecular complexity index is 970. The van der Waals surface area contributed by atoms with Crippen LogP contribution in [0.2, 0.25) is 5.02 Å². The summed E-state index contributed by atoms with van der Waals surface area (Å²) >= 11 is 5.88. The zero-order chi connectivity index (χ0) is 21.6. The fourth-order valence-corrected chi connectivity index (χ4v) is 5.07. The highest BCUT2D eigenvalue weighted by Crippen LogP contribution is 2.33. The van der Waals surface area contributed by atoms with Gasteiger partial charge in [-0.2, -0.15) is 0 Å². The first-order valence-corrected chi connectivity index (χ1v) is 12.0. The van der Waals surface area contributed by atoms with E-state index in [0.717, 1.165) is 56.8 Å². The molecule has 9 heteroatoms. The highest BCUT2D eigenvalue weighted by molar-refractivity contribution is 7.89. The zero-order valence-corrected chi connectivity index (χ0v) is 20.3. The monoisotopic (exact) mass is 488 g/mol. The number of hydrogen-bond acceptors (Lipinski definition) is 5. The van der Waals surface area contributed by atoms with Gasteiger partial charge in [-0.05, 0) is 67.3 Å². The lowest BCUT2D eigenvalue weighted by Crippen LogP contribution is -2.31. The summed E-state index contributed by atoms with van der Waals surface area (Å²) in [6.07, 6.45) is 3.79. The number of sulfonamides is 1. The van der Waals surface area contributed by atoms with E-state index < -0.39 is 10.0 Å². The first kappa shape index (κ1) is 25.7. The van der Waals surface area contributed by atoms with Crippen LogP contribution in [-0.4, -0.2) is 47.2 Å². The maximum Gasteiger partial charge on any atom is 0.240 e. The van der Waals surface area contributed by atoms with E-state index in [9.17, 15) is 8.42 Å². The molecule has 0 saturated carbocycles. The molecule has 0 radical (unpaired) electrons. The van der Waals surface area contributed by atoms with E-state index in [2.05, 4.69) is 21.8 Å². The van der Waals surface area contributed by atoms with Gasteiger partial charge in [-0.1, -0.05) is 24.1 Å². The van der Waals surface area contributed by atoms with E-state index >= 15 is 0 Å². The van der Waals surface area contributed by atoms with E-state index in [4.69, 9.17) is 21.1 Å². The fourth-order valence-electron chi connectivity index (χ4n) is 3.69. The molecule has 31 heavy (non-hydrogen) atoms.